The van der Waals surface area contributed by atoms with Gasteiger partial charge in [-0.1, -0.05) is 42.5 Å². The first-order chi connectivity index (χ1) is 12.7. The van der Waals surface area contributed by atoms with Crippen LogP contribution in [0.3, 0.4) is 0 Å². The van der Waals surface area contributed by atoms with E-state index < -0.39 is 6.10 Å². The Morgan fingerprint density at radius 1 is 1.12 bits per heavy atom. The molecule has 2 unspecified atom stereocenters. The zero-order valence-electron chi connectivity index (χ0n) is 15.1. The number of benzene rings is 2. The molecule has 0 saturated heterocycles. The van der Waals surface area contributed by atoms with E-state index in [1.165, 1.54) is 16.3 Å². The molecule has 26 heavy (non-hydrogen) atoms. The summed E-state index contributed by atoms with van der Waals surface area (Å²) in [5, 5.41) is 19.3. The molecule has 0 aliphatic rings. The summed E-state index contributed by atoms with van der Waals surface area (Å²) >= 11 is 0. The number of nitrogens with one attached hydrogen (secondary N) is 2. The molecule has 0 aliphatic heterocycles. The summed E-state index contributed by atoms with van der Waals surface area (Å²) in [7, 11) is 0. The largest absolute Gasteiger partial charge is 0.467 e. The van der Waals surface area contributed by atoms with E-state index in [1.807, 2.05) is 13.0 Å². The number of hydrogen-bond acceptors (Lipinski definition) is 3. The number of aliphatic hydroxyl groups excluding tert-OH is 1. The predicted molar refractivity (Wildman–Crippen MR) is 105 cm³/mol. The summed E-state index contributed by atoms with van der Waals surface area (Å²) in [4.78, 5) is 4.50. The van der Waals surface area contributed by atoms with Gasteiger partial charge in [-0.3, -0.25) is 4.99 Å². The highest BCUT2D eigenvalue weighted by Gasteiger charge is 2.13. The van der Waals surface area contributed by atoms with Crippen LogP contribution in [0, 0.1) is 0 Å². The fourth-order valence-electron chi connectivity index (χ4n) is 2.98. The Morgan fingerprint density at radius 3 is 2.69 bits per heavy atom. The first kappa shape index (κ1) is 18.0. The minimum atomic E-state index is -0.756. The second-order valence-electron chi connectivity index (χ2n) is 6.19. The van der Waals surface area contributed by atoms with Crippen molar-refractivity contribution >= 4 is 16.7 Å². The van der Waals surface area contributed by atoms with E-state index in [0.29, 0.717) is 11.7 Å². The molecule has 2 aromatic carbocycles. The molecule has 5 heteroatoms. The fourth-order valence-corrected chi connectivity index (χ4v) is 2.98. The van der Waals surface area contributed by atoms with E-state index in [-0.39, 0.29) is 12.6 Å². The molecule has 0 saturated carbocycles. The summed E-state index contributed by atoms with van der Waals surface area (Å²) in [6.45, 7) is 5.09. The quantitative estimate of drug-likeness (QED) is 0.467. The minimum Gasteiger partial charge on any atom is -0.467 e. The van der Waals surface area contributed by atoms with Crippen LogP contribution in [0.1, 0.15) is 37.3 Å². The molecule has 0 radical (unpaired) electrons. The maximum atomic E-state index is 10.2. The number of rotatable bonds is 6. The van der Waals surface area contributed by atoms with E-state index in [1.54, 1.807) is 18.4 Å². The molecule has 3 N–H and O–H groups in total. The van der Waals surface area contributed by atoms with Gasteiger partial charge in [-0.05, 0) is 42.3 Å². The van der Waals surface area contributed by atoms with Crippen LogP contribution in [0.4, 0.5) is 0 Å². The van der Waals surface area contributed by atoms with E-state index in [0.717, 1.165) is 6.54 Å². The molecule has 1 aromatic heterocycles. The van der Waals surface area contributed by atoms with Gasteiger partial charge in [0.05, 0.1) is 18.8 Å². The van der Waals surface area contributed by atoms with Gasteiger partial charge >= 0.3 is 0 Å². The average Bonchev–Trinajstić information content (AvgIpc) is 3.20. The summed E-state index contributed by atoms with van der Waals surface area (Å²) in [5.74, 6) is 1.19. The zero-order chi connectivity index (χ0) is 18.4. The first-order valence-corrected chi connectivity index (χ1v) is 8.93. The molecule has 0 spiro atoms. The maximum Gasteiger partial charge on any atom is 0.191 e. The number of hydrogen-bond donors (Lipinski definition) is 3. The van der Waals surface area contributed by atoms with Gasteiger partial charge < -0.3 is 20.2 Å². The fraction of sp³-hybridized carbons (Fsp3) is 0.286. The Bertz CT molecular complexity index is 853. The van der Waals surface area contributed by atoms with Gasteiger partial charge in [-0.2, -0.15) is 0 Å². The lowest BCUT2D eigenvalue weighted by Gasteiger charge is -2.20. The number of fused-ring (bicyclic) bond motifs is 1. The molecule has 0 fully saturated rings. The third-order valence-corrected chi connectivity index (χ3v) is 4.28. The Kier molecular flexibility index (Phi) is 5.92. The first-order valence-electron chi connectivity index (χ1n) is 8.93. The number of guanidine groups is 1. The summed E-state index contributed by atoms with van der Waals surface area (Å²) in [6.07, 6.45) is 0.794. The number of nitrogens with zero attached hydrogens (tertiary/aromatic N) is 1. The van der Waals surface area contributed by atoms with E-state index in [9.17, 15) is 5.11 Å². The summed E-state index contributed by atoms with van der Waals surface area (Å²) in [5.41, 5.74) is 1.21. The molecule has 2 atom stereocenters. The average molecular weight is 351 g/mol. The third-order valence-electron chi connectivity index (χ3n) is 4.28. The topological polar surface area (TPSA) is 69.8 Å². The van der Waals surface area contributed by atoms with Crippen molar-refractivity contribution in [2.45, 2.75) is 26.0 Å². The Hall–Kier alpha value is -2.79. The maximum absolute atomic E-state index is 10.2. The molecule has 0 aliphatic carbocycles. The van der Waals surface area contributed by atoms with E-state index in [2.05, 4.69) is 58.9 Å². The number of aliphatic hydroxyl groups is 1. The van der Waals surface area contributed by atoms with Crippen molar-refractivity contribution in [3.63, 3.8) is 0 Å². The van der Waals surface area contributed by atoms with Crippen molar-refractivity contribution in [1.29, 1.82) is 0 Å². The standard InChI is InChI=1S/C21H25N3O2/c1-3-22-21(23-14-19(25)20-12-7-13-26-20)24-15(2)17-11-6-9-16-8-4-5-10-18(16)17/h4-13,15,19,25H,3,14H2,1-2H3,(H2,22,23,24). The van der Waals surface area contributed by atoms with Crippen LogP contribution in [-0.4, -0.2) is 24.2 Å². The van der Waals surface area contributed by atoms with Crippen LogP contribution in [0.2, 0.25) is 0 Å². The van der Waals surface area contributed by atoms with Crippen molar-refractivity contribution in [3.8, 4) is 0 Å². The summed E-state index contributed by atoms with van der Waals surface area (Å²) in [6, 6.07) is 18.2. The van der Waals surface area contributed by atoms with Gasteiger partial charge in [-0.15, -0.1) is 0 Å². The smallest absolute Gasteiger partial charge is 0.191 e. The molecule has 1 heterocycles. The molecular weight excluding hydrogens is 326 g/mol. The Morgan fingerprint density at radius 2 is 1.92 bits per heavy atom. The van der Waals surface area contributed by atoms with Gasteiger partial charge in [-0.25, -0.2) is 0 Å². The lowest BCUT2D eigenvalue weighted by atomic mass is 10.00. The second-order valence-corrected chi connectivity index (χ2v) is 6.19. The molecule has 3 aromatic rings. The normalized spacial score (nSPS) is 14.2. The SMILES string of the molecule is CCNC(=NCC(O)c1ccco1)NC(C)c1cccc2ccccc12. The molecule has 5 nitrogen and oxygen atoms in total. The van der Waals surface area contributed by atoms with Crippen molar-refractivity contribution in [1.82, 2.24) is 10.6 Å². The molecule has 136 valence electrons. The Labute approximate surface area is 153 Å². The van der Waals surface area contributed by atoms with Crippen LogP contribution in [0.15, 0.2) is 70.3 Å². The third kappa shape index (κ3) is 4.24. The van der Waals surface area contributed by atoms with Gasteiger partial charge in [0.15, 0.2) is 5.96 Å². The van der Waals surface area contributed by atoms with Crippen molar-refractivity contribution in [3.05, 3.63) is 72.2 Å². The van der Waals surface area contributed by atoms with E-state index in [4.69, 9.17) is 4.42 Å². The lowest BCUT2D eigenvalue weighted by Crippen LogP contribution is -2.39. The highest BCUT2D eigenvalue weighted by Crippen LogP contribution is 2.24. The summed E-state index contributed by atoms with van der Waals surface area (Å²) < 4.78 is 5.23. The highest BCUT2D eigenvalue weighted by atomic mass is 16.4. The number of aliphatic imine (C=N–C) groups is 1. The highest BCUT2D eigenvalue weighted by molar-refractivity contribution is 5.87. The van der Waals surface area contributed by atoms with Gasteiger partial charge in [0.2, 0.25) is 0 Å². The van der Waals surface area contributed by atoms with Crippen LogP contribution in [0.5, 0.6) is 0 Å². The predicted octanol–water partition coefficient (Wildman–Crippen LogP) is 3.78. The molecule has 0 bridgehead atoms. The Balaban J connectivity index is 1.75. The zero-order valence-corrected chi connectivity index (χ0v) is 15.1. The molecule has 3 rings (SSSR count). The van der Waals surface area contributed by atoms with Crippen LogP contribution < -0.4 is 10.6 Å². The molecular formula is C21H25N3O2. The monoisotopic (exact) mass is 351 g/mol. The van der Waals surface area contributed by atoms with Crippen molar-refractivity contribution < 1.29 is 9.52 Å². The van der Waals surface area contributed by atoms with Crippen molar-refractivity contribution in [2.24, 2.45) is 4.99 Å². The van der Waals surface area contributed by atoms with Crippen LogP contribution in [0.25, 0.3) is 10.8 Å². The van der Waals surface area contributed by atoms with Crippen molar-refractivity contribution in [2.75, 3.05) is 13.1 Å². The van der Waals surface area contributed by atoms with Gasteiger partial charge in [0.1, 0.15) is 11.9 Å². The second kappa shape index (κ2) is 8.54. The van der Waals surface area contributed by atoms with Crippen LogP contribution >= 0.6 is 0 Å². The van der Waals surface area contributed by atoms with Gasteiger partial charge in [0, 0.05) is 6.54 Å². The molecule has 0 amide bonds. The lowest BCUT2D eigenvalue weighted by molar-refractivity contribution is 0.158. The number of furan rings is 1. The minimum absolute atomic E-state index is 0.0691. The van der Waals surface area contributed by atoms with Crippen LogP contribution in [-0.2, 0) is 0 Å². The van der Waals surface area contributed by atoms with Gasteiger partial charge in [0.25, 0.3) is 0 Å². The van der Waals surface area contributed by atoms with E-state index >= 15 is 0 Å².